The minimum atomic E-state index is -1.04. The van der Waals surface area contributed by atoms with E-state index in [2.05, 4.69) is 11.8 Å². The van der Waals surface area contributed by atoms with Crippen LogP contribution in [0.5, 0.6) is 5.75 Å². The number of esters is 1. The molecule has 0 amide bonds. The van der Waals surface area contributed by atoms with E-state index in [9.17, 15) is 14.4 Å². The van der Waals surface area contributed by atoms with Gasteiger partial charge in [-0.15, -0.1) is 0 Å². The van der Waals surface area contributed by atoms with Gasteiger partial charge in [0.1, 0.15) is 5.75 Å². The minimum absolute atomic E-state index is 0.0459. The molecular weight excluding hydrogens is 360 g/mol. The first-order valence-corrected chi connectivity index (χ1v) is 9.37. The van der Waals surface area contributed by atoms with E-state index in [0.29, 0.717) is 0 Å². The maximum absolute atomic E-state index is 12.9. The van der Waals surface area contributed by atoms with E-state index in [1.165, 1.54) is 24.3 Å². The van der Waals surface area contributed by atoms with Crippen molar-refractivity contribution < 1.29 is 29.3 Å². The van der Waals surface area contributed by atoms with Gasteiger partial charge in [0.2, 0.25) is 0 Å². The summed E-state index contributed by atoms with van der Waals surface area (Å²) in [5, 5.41) is 8.64. The number of carbonyl (C=O) groups excluding carboxylic acids is 3. The van der Waals surface area contributed by atoms with E-state index in [1.807, 2.05) is 0 Å². The molecule has 28 heavy (non-hydrogen) atoms. The van der Waals surface area contributed by atoms with Gasteiger partial charge in [0.05, 0.1) is 11.1 Å². The van der Waals surface area contributed by atoms with E-state index in [1.54, 1.807) is 24.3 Å². The molecule has 2 aromatic carbocycles. The average Bonchev–Trinajstić information content (AvgIpc) is 2.73. The molecule has 0 aliphatic rings. The van der Waals surface area contributed by atoms with Crippen LogP contribution in [0.3, 0.4) is 0 Å². The molecule has 2 aromatic rings. The molecule has 0 spiro atoms. The smallest absolute Gasteiger partial charge is 0.373 e. The van der Waals surface area contributed by atoms with Crippen molar-refractivity contribution in [3.63, 3.8) is 0 Å². The predicted octanol–water partition coefficient (Wildman–Crippen LogP) is 4.81. The Hall–Kier alpha value is -2.99. The summed E-state index contributed by atoms with van der Waals surface area (Å²) in [7, 11) is 0. The highest BCUT2D eigenvalue weighted by molar-refractivity contribution is 6.15. The summed E-state index contributed by atoms with van der Waals surface area (Å²) in [5.41, 5.74) is 0.122. The topological polar surface area (TPSA) is 89.9 Å². The molecule has 0 atom stereocenters. The van der Waals surface area contributed by atoms with Gasteiger partial charge >= 0.3 is 11.9 Å². The average molecular weight is 384 g/mol. The Morgan fingerprint density at radius 1 is 0.821 bits per heavy atom. The minimum Gasteiger partial charge on any atom is -0.426 e. The summed E-state index contributed by atoms with van der Waals surface area (Å²) in [6.07, 6.45) is 5.32. The maximum atomic E-state index is 12.9. The lowest BCUT2D eigenvalue weighted by Crippen LogP contribution is -2.14. The molecule has 0 saturated heterocycles. The number of benzene rings is 2. The summed E-state index contributed by atoms with van der Waals surface area (Å²) in [6, 6.07) is 12.3. The highest BCUT2D eigenvalue weighted by atomic mass is 17.1. The normalized spacial score (nSPS) is 10.4. The van der Waals surface area contributed by atoms with Gasteiger partial charge in [0, 0.05) is 12.0 Å². The van der Waals surface area contributed by atoms with Crippen molar-refractivity contribution in [3.8, 4) is 5.75 Å². The van der Waals surface area contributed by atoms with Crippen LogP contribution in [-0.4, -0.2) is 23.0 Å². The Labute approximate surface area is 164 Å². The maximum Gasteiger partial charge on any atom is 0.373 e. The van der Waals surface area contributed by atoms with Gasteiger partial charge in [-0.3, -0.25) is 14.5 Å². The second kappa shape index (κ2) is 11.0. The summed E-state index contributed by atoms with van der Waals surface area (Å²) in [4.78, 5) is 40.5. The number of para-hydroxylation sites is 1. The van der Waals surface area contributed by atoms with Gasteiger partial charge in [0.25, 0.3) is 0 Å². The van der Waals surface area contributed by atoms with Crippen molar-refractivity contribution in [2.75, 3.05) is 0 Å². The van der Waals surface area contributed by atoms with E-state index >= 15 is 0 Å². The lowest BCUT2D eigenvalue weighted by molar-refractivity contribution is -0.182. The first-order chi connectivity index (χ1) is 13.6. The number of ketones is 1. The van der Waals surface area contributed by atoms with E-state index in [-0.39, 0.29) is 28.9 Å². The van der Waals surface area contributed by atoms with E-state index in [0.717, 1.165) is 32.1 Å². The molecule has 0 aromatic heterocycles. The highest BCUT2D eigenvalue weighted by Gasteiger charge is 2.22. The number of rotatable bonds is 10. The molecule has 1 N–H and O–H groups in total. The third-order valence-electron chi connectivity index (χ3n) is 4.31. The van der Waals surface area contributed by atoms with Crippen LogP contribution in [0.15, 0.2) is 48.5 Å². The van der Waals surface area contributed by atoms with Gasteiger partial charge in [-0.1, -0.05) is 62.9 Å². The predicted molar refractivity (Wildman–Crippen MR) is 103 cm³/mol. The van der Waals surface area contributed by atoms with Crippen molar-refractivity contribution in [2.24, 2.45) is 0 Å². The molecule has 0 unspecified atom stereocenters. The van der Waals surface area contributed by atoms with Crippen LogP contribution in [0.4, 0.5) is 0 Å². The zero-order chi connectivity index (χ0) is 20.4. The molecule has 0 radical (unpaired) electrons. The van der Waals surface area contributed by atoms with Crippen LogP contribution < -0.4 is 4.74 Å². The van der Waals surface area contributed by atoms with Crippen molar-refractivity contribution in [1.29, 1.82) is 0 Å². The summed E-state index contributed by atoms with van der Waals surface area (Å²) in [6.45, 7) is 2.13. The monoisotopic (exact) mass is 384 g/mol. The van der Waals surface area contributed by atoms with Gasteiger partial charge < -0.3 is 4.74 Å². The molecule has 6 heteroatoms. The van der Waals surface area contributed by atoms with Gasteiger partial charge in [0.15, 0.2) is 5.78 Å². The Morgan fingerprint density at radius 2 is 1.43 bits per heavy atom. The second-order valence-electron chi connectivity index (χ2n) is 6.39. The lowest BCUT2D eigenvalue weighted by atomic mass is 9.98. The molecule has 148 valence electrons. The summed E-state index contributed by atoms with van der Waals surface area (Å²) < 4.78 is 5.40. The van der Waals surface area contributed by atoms with E-state index < -0.39 is 17.7 Å². The van der Waals surface area contributed by atoms with Crippen molar-refractivity contribution in [1.82, 2.24) is 0 Å². The third-order valence-corrected chi connectivity index (χ3v) is 4.31. The van der Waals surface area contributed by atoms with Crippen LogP contribution in [0.25, 0.3) is 0 Å². The Bertz CT molecular complexity index is 827. The van der Waals surface area contributed by atoms with Crippen LogP contribution in [0.2, 0.25) is 0 Å². The standard InChI is InChI=1S/C22H24O6/c1-2-3-4-5-6-15-20(23)27-19-14-10-9-13-18(19)21(24)16-11-7-8-12-17(16)22(25)28-26/h7-14,26H,2-6,15H2,1H3. The largest absolute Gasteiger partial charge is 0.426 e. The molecule has 0 bridgehead atoms. The second-order valence-corrected chi connectivity index (χ2v) is 6.39. The van der Waals surface area contributed by atoms with Gasteiger partial charge in [-0.2, -0.15) is 5.26 Å². The highest BCUT2D eigenvalue weighted by Crippen LogP contribution is 2.24. The fraction of sp³-hybridized carbons (Fsp3) is 0.318. The van der Waals surface area contributed by atoms with Crippen molar-refractivity contribution in [3.05, 3.63) is 65.2 Å². The zero-order valence-corrected chi connectivity index (χ0v) is 15.8. The first kappa shape index (κ1) is 21.3. The molecule has 0 heterocycles. The van der Waals surface area contributed by atoms with Gasteiger partial charge in [-0.05, 0) is 24.6 Å². The molecule has 2 rings (SSSR count). The first-order valence-electron chi connectivity index (χ1n) is 9.37. The number of ether oxygens (including phenoxy) is 1. The molecule has 0 aliphatic heterocycles. The third kappa shape index (κ3) is 5.76. The Kier molecular flexibility index (Phi) is 8.37. The number of carbonyl (C=O) groups is 3. The van der Waals surface area contributed by atoms with Crippen LogP contribution >= 0.6 is 0 Å². The van der Waals surface area contributed by atoms with Crippen LogP contribution in [0.1, 0.15) is 71.7 Å². The number of unbranched alkanes of at least 4 members (excludes halogenated alkanes) is 4. The Morgan fingerprint density at radius 3 is 2.11 bits per heavy atom. The molecule has 0 aliphatic carbocycles. The SMILES string of the molecule is CCCCCCCC(=O)Oc1ccccc1C(=O)c1ccccc1C(=O)OO. The van der Waals surface area contributed by atoms with Crippen molar-refractivity contribution in [2.45, 2.75) is 45.4 Å². The quantitative estimate of drug-likeness (QED) is 0.158. The van der Waals surface area contributed by atoms with Crippen LogP contribution in [-0.2, 0) is 9.68 Å². The molecule has 6 nitrogen and oxygen atoms in total. The van der Waals surface area contributed by atoms with Crippen LogP contribution in [0, 0.1) is 0 Å². The number of hydrogen-bond donors (Lipinski definition) is 1. The lowest BCUT2D eigenvalue weighted by Gasteiger charge is -2.11. The van der Waals surface area contributed by atoms with E-state index in [4.69, 9.17) is 9.99 Å². The molecule has 0 saturated carbocycles. The van der Waals surface area contributed by atoms with Gasteiger partial charge in [-0.25, -0.2) is 4.79 Å². The number of hydrogen-bond acceptors (Lipinski definition) is 6. The fourth-order valence-electron chi connectivity index (χ4n) is 2.84. The zero-order valence-electron chi connectivity index (χ0n) is 15.8. The summed E-state index contributed by atoms with van der Waals surface area (Å²) in [5.74, 6) is -1.81. The Balaban J connectivity index is 2.15. The molecule has 0 fully saturated rings. The fourth-order valence-corrected chi connectivity index (χ4v) is 2.84. The summed E-state index contributed by atoms with van der Waals surface area (Å²) >= 11 is 0. The van der Waals surface area contributed by atoms with Crippen molar-refractivity contribution >= 4 is 17.7 Å². The molecular formula is C22H24O6.